The standard InChI is InChI=1S/C12H18N2O/c1-12(2)8-11(15-3)14-10(12)7-9-5-4-6-13-9/h4-6,10,13H,7-8H2,1-3H3. The molecule has 2 heterocycles. The van der Waals surface area contributed by atoms with Crippen LogP contribution in [-0.2, 0) is 11.2 Å². The minimum Gasteiger partial charge on any atom is -0.484 e. The lowest BCUT2D eigenvalue weighted by molar-refractivity contribution is 0.310. The molecule has 0 saturated carbocycles. The molecule has 1 N–H and O–H groups in total. The van der Waals surface area contributed by atoms with Gasteiger partial charge in [0.15, 0.2) is 5.90 Å². The summed E-state index contributed by atoms with van der Waals surface area (Å²) < 4.78 is 5.24. The first-order valence-electron chi connectivity index (χ1n) is 5.35. The molecule has 2 rings (SSSR count). The molecule has 0 saturated heterocycles. The van der Waals surface area contributed by atoms with E-state index in [1.807, 2.05) is 12.3 Å². The molecule has 1 aliphatic rings. The second-order valence-corrected chi connectivity index (χ2v) is 4.81. The van der Waals surface area contributed by atoms with Crippen LogP contribution in [0.2, 0.25) is 0 Å². The monoisotopic (exact) mass is 206 g/mol. The highest BCUT2D eigenvalue weighted by atomic mass is 16.5. The number of rotatable bonds is 2. The number of nitrogens with one attached hydrogen (secondary N) is 1. The number of hydrogen-bond donors (Lipinski definition) is 1. The van der Waals surface area contributed by atoms with E-state index in [9.17, 15) is 0 Å². The Kier molecular flexibility index (Phi) is 2.55. The summed E-state index contributed by atoms with van der Waals surface area (Å²) in [4.78, 5) is 7.83. The lowest BCUT2D eigenvalue weighted by atomic mass is 9.82. The van der Waals surface area contributed by atoms with E-state index in [1.165, 1.54) is 5.69 Å². The van der Waals surface area contributed by atoms with E-state index >= 15 is 0 Å². The normalized spacial score (nSPS) is 23.9. The summed E-state index contributed by atoms with van der Waals surface area (Å²) in [6, 6.07) is 4.46. The van der Waals surface area contributed by atoms with Crippen molar-refractivity contribution < 1.29 is 4.74 Å². The fourth-order valence-electron chi connectivity index (χ4n) is 2.05. The molecule has 0 radical (unpaired) electrons. The van der Waals surface area contributed by atoms with Crippen LogP contribution >= 0.6 is 0 Å². The zero-order valence-corrected chi connectivity index (χ0v) is 9.58. The summed E-state index contributed by atoms with van der Waals surface area (Å²) in [6.07, 6.45) is 3.86. The molecule has 0 bridgehead atoms. The maximum absolute atomic E-state index is 5.24. The van der Waals surface area contributed by atoms with Crippen LogP contribution in [0.5, 0.6) is 0 Å². The fraction of sp³-hybridized carbons (Fsp3) is 0.583. The molecule has 1 unspecified atom stereocenters. The van der Waals surface area contributed by atoms with E-state index < -0.39 is 0 Å². The van der Waals surface area contributed by atoms with Crippen molar-refractivity contribution >= 4 is 5.90 Å². The summed E-state index contributed by atoms with van der Waals surface area (Å²) in [7, 11) is 1.70. The van der Waals surface area contributed by atoms with Crippen molar-refractivity contribution in [1.29, 1.82) is 0 Å². The number of H-pyrrole nitrogens is 1. The highest BCUT2D eigenvalue weighted by molar-refractivity contribution is 5.79. The van der Waals surface area contributed by atoms with Crippen LogP contribution in [0.15, 0.2) is 23.3 Å². The molecule has 0 fully saturated rings. The third-order valence-electron chi connectivity index (χ3n) is 3.12. The first-order valence-corrected chi connectivity index (χ1v) is 5.35. The van der Waals surface area contributed by atoms with Crippen LogP contribution in [0.4, 0.5) is 0 Å². The van der Waals surface area contributed by atoms with Gasteiger partial charge in [-0.1, -0.05) is 13.8 Å². The van der Waals surface area contributed by atoms with Gasteiger partial charge in [-0.2, -0.15) is 0 Å². The Morgan fingerprint density at radius 1 is 1.60 bits per heavy atom. The lowest BCUT2D eigenvalue weighted by Crippen LogP contribution is -2.25. The molecule has 1 atom stereocenters. The number of aromatic nitrogens is 1. The van der Waals surface area contributed by atoms with Crippen LogP contribution in [0, 0.1) is 5.41 Å². The van der Waals surface area contributed by atoms with Crippen molar-refractivity contribution in [3.8, 4) is 0 Å². The summed E-state index contributed by atoms with van der Waals surface area (Å²) >= 11 is 0. The van der Waals surface area contributed by atoms with E-state index in [0.717, 1.165) is 18.7 Å². The highest BCUT2D eigenvalue weighted by Gasteiger charge is 2.37. The highest BCUT2D eigenvalue weighted by Crippen LogP contribution is 2.35. The largest absolute Gasteiger partial charge is 0.484 e. The van der Waals surface area contributed by atoms with Crippen molar-refractivity contribution in [3.63, 3.8) is 0 Å². The topological polar surface area (TPSA) is 37.4 Å². The zero-order valence-electron chi connectivity index (χ0n) is 9.58. The Hall–Kier alpha value is -1.25. The van der Waals surface area contributed by atoms with Gasteiger partial charge in [-0.15, -0.1) is 0 Å². The molecule has 1 aliphatic heterocycles. The Morgan fingerprint density at radius 2 is 2.40 bits per heavy atom. The smallest absolute Gasteiger partial charge is 0.183 e. The van der Waals surface area contributed by atoms with Gasteiger partial charge in [0.25, 0.3) is 0 Å². The van der Waals surface area contributed by atoms with Crippen LogP contribution < -0.4 is 0 Å². The molecule has 3 nitrogen and oxygen atoms in total. The van der Waals surface area contributed by atoms with E-state index in [-0.39, 0.29) is 5.41 Å². The van der Waals surface area contributed by atoms with E-state index in [0.29, 0.717) is 6.04 Å². The van der Waals surface area contributed by atoms with Gasteiger partial charge in [0.05, 0.1) is 13.2 Å². The molecule has 0 aromatic carbocycles. The Labute approximate surface area is 90.6 Å². The number of methoxy groups -OCH3 is 1. The first-order chi connectivity index (χ1) is 7.12. The molecule has 0 amide bonds. The van der Waals surface area contributed by atoms with Gasteiger partial charge in [0.1, 0.15) is 0 Å². The van der Waals surface area contributed by atoms with Crippen LogP contribution in [-0.4, -0.2) is 24.0 Å². The summed E-state index contributed by atoms with van der Waals surface area (Å²) in [5, 5.41) is 0. The number of hydrogen-bond acceptors (Lipinski definition) is 2. The van der Waals surface area contributed by atoms with Crippen LogP contribution in [0.25, 0.3) is 0 Å². The first kappa shape index (κ1) is 10.3. The molecule has 82 valence electrons. The van der Waals surface area contributed by atoms with Crippen molar-refractivity contribution in [2.45, 2.75) is 32.7 Å². The van der Waals surface area contributed by atoms with Crippen molar-refractivity contribution in [1.82, 2.24) is 4.98 Å². The third-order valence-corrected chi connectivity index (χ3v) is 3.12. The van der Waals surface area contributed by atoms with Gasteiger partial charge < -0.3 is 9.72 Å². The Balaban J connectivity index is 2.11. The number of nitrogens with zero attached hydrogens (tertiary/aromatic N) is 1. The maximum atomic E-state index is 5.24. The Bertz CT molecular complexity index is 352. The van der Waals surface area contributed by atoms with Crippen molar-refractivity contribution in [2.24, 2.45) is 10.4 Å². The molecule has 0 spiro atoms. The van der Waals surface area contributed by atoms with E-state index in [2.05, 4.69) is 29.9 Å². The van der Waals surface area contributed by atoms with E-state index in [4.69, 9.17) is 4.74 Å². The SMILES string of the molecule is COC1=NC(Cc2ccc[nH]2)C(C)(C)C1. The summed E-state index contributed by atoms with van der Waals surface area (Å²) in [5.41, 5.74) is 1.45. The van der Waals surface area contributed by atoms with Gasteiger partial charge in [-0.05, 0) is 17.5 Å². The van der Waals surface area contributed by atoms with Crippen LogP contribution in [0.1, 0.15) is 26.0 Å². The van der Waals surface area contributed by atoms with Crippen molar-refractivity contribution in [2.75, 3.05) is 7.11 Å². The fourth-order valence-corrected chi connectivity index (χ4v) is 2.05. The van der Waals surface area contributed by atoms with Gasteiger partial charge in [-0.3, -0.25) is 4.99 Å². The quantitative estimate of drug-likeness (QED) is 0.792. The van der Waals surface area contributed by atoms with Gasteiger partial charge in [-0.25, -0.2) is 0 Å². The second kappa shape index (κ2) is 3.72. The predicted octanol–water partition coefficient (Wildman–Crippen LogP) is 2.40. The molecule has 1 aromatic rings. The molecular formula is C12H18N2O. The minimum atomic E-state index is 0.205. The van der Waals surface area contributed by atoms with Gasteiger partial charge in [0, 0.05) is 24.7 Å². The molecule has 0 aliphatic carbocycles. The van der Waals surface area contributed by atoms with Gasteiger partial charge in [0.2, 0.25) is 0 Å². The molecule has 15 heavy (non-hydrogen) atoms. The molecular weight excluding hydrogens is 188 g/mol. The maximum Gasteiger partial charge on any atom is 0.183 e. The zero-order chi connectivity index (χ0) is 10.9. The van der Waals surface area contributed by atoms with Gasteiger partial charge >= 0.3 is 0 Å². The second-order valence-electron chi connectivity index (χ2n) is 4.81. The Morgan fingerprint density at radius 3 is 2.93 bits per heavy atom. The number of aliphatic imine (C=N–C) groups is 1. The average molecular weight is 206 g/mol. The van der Waals surface area contributed by atoms with Crippen molar-refractivity contribution in [3.05, 3.63) is 24.0 Å². The molecule has 1 aromatic heterocycles. The number of aromatic amines is 1. The predicted molar refractivity (Wildman–Crippen MR) is 61.1 cm³/mol. The van der Waals surface area contributed by atoms with Crippen LogP contribution in [0.3, 0.4) is 0 Å². The number of ether oxygens (including phenoxy) is 1. The lowest BCUT2D eigenvalue weighted by Gasteiger charge is -2.24. The summed E-state index contributed by atoms with van der Waals surface area (Å²) in [6.45, 7) is 4.49. The van der Waals surface area contributed by atoms with E-state index in [1.54, 1.807) is 7.11 Å². The molecule has 3 heteroatoms. The summed E-state index contributed by atoms with van der Waals surface area (Å²) in [5.74, 6) is 0.886. The third kappa shape index (κ3) is 2.06. The minimum absolute atomic E-state index is 0.205. The average Bonchev–Trinajstić information content (AvgIpc) is 2.76.